The van der Waals surface area contributed by atoms with Crippen LogP contribution in [0.3, 0.4) is 0 Å². The number of carbonyl (C=O) groups excluding carboxylic acids is 1. The lowest BCUT2D eigenvalue weighted by Gasteiger charge is -2.07. The summed E-state index contributed by atoms with van der Waals surface area (Å²) in [4.78, 5) is 15.8. The third-order valence-corrected chi connectivity index (χ3v) is 2.66. The summed E-state index contributed by atoms with van der Waals surface area (Å²) in [6, 6.07) is 8.02. The zero-order valence-corrected chi connectivity index (χ0v) is 9.98. The van der Waals surface area contributed by atoms with Crippen LogP contribution in [0.5, 0.6) is 0 Å². The van der Waals surface area contributed by atoms with Crippen molar-refractivity contribution in [2.75, 3.05) is 0 Å². The van der Waals surface area contributed by atoms with Crippen molar-refractivity contribution in [3.05, 3.63) is 65.2 Å². The Bertz CT molecular complexity index is 569. The molecule has 1 amide bonds. The molecule has 0 bridgehead atoms. The Labute approximate surface area is 105 Å². The Kier molecular flexibility index (Phi) is 3.67. The van der Waals surface area contributed by atoms with E-state index in [1.54, 1.807) is 36.7 Å². The largest absolute Gasteiger partial charge is 0.348 e. The molecule has 2 rings (SSSR count). The third-order valence-electron chi connectivity index (χ3n) is 2.66. The maximum Gasteiger partial charge on any atom is 0.251 e. The lowest BCUT2D eigenvalue weighted by Crippen LogP contribution is -2.24. The van der Waals surface area contributed by atoms with Gasteiger partial charge in [0.1, 0.15) is 5.82 Å². The van der Waals surface area contributed by atoms with Crippen LogP contribution in [0.15, 0.2) is 42.7 Å². The van der Waals surface area contributed by atoms with E-state index < -0.39 is 0 Å². The number of aryl methyl sites for hydroxylation is 1. The number of benzene rings is 1. The molecule has 4 heteroatoms. The maximum atomic E-state index is 13.4. The highest BCUT2D eigenvalue weighted by Gasteiger charge is 2.09. The van der Waals surface area contributed by atoms with E-state index in [0.717, 1.165) is 5.56 Å². The number of hydrogen-bond donors (Lipinski definition) is 1. The van der Waals surface area contributed by atoms with Gasteiger partial charge in [0.05, 0.1) is 0 Å². The number of nitrogens with one attached hydrogen (secondary N) is 1. The fourth-order valence-corrected chi connectivity index (χ4v) is 1.64. The van der Waals surface area contributed by atoms with Crippen molar-refractivity contribution < 1.29 is 9.18 Å². The molecule has 1 aromatic carbocycles. The van der Waals surface area contributed by atoms with Crippen molar-refractivity contribution in [3.8, 4) is 0 Å². The Morgan fingerprint density at radius 1 is 1.33 bits per heavy atom. The van der Waals surface area contributed by atoms with Gasteiger partial charge in [-0.05, 0) is 24.6 Å². The molecule has 0 aliphatic rings. The number of nitrogens with zero attached hydrogens (tertiary/aromatic N) is 1. The standard InChI is InChI=1S/C14H13FN2O/c1-10-8-16-7-6-12(10)14(18)17-9-11-4-2-3-5-13(11)15/h2-8H,9H2,1H3,(H,17,18). The molecule has 0 atom stereocenters. The van der Waals surface area contributed by atoms with Crippen LogP contribution in [0, 0.1) is 12.7 Å². The van der Waals surface area contributed by atoms with E-state index in [0.29, 0.717) is 11.1 Å². The fraction of sp³-hybridized carbons (Fsp3) is 0.143. The van der Waals surface area contributed by atoms with Crippen molar-refractivity contribution in [3.63, 3.8) is 0 Å². The third kappa shape index (κ3) is 2.71. The minimum Gasteiger partial charge on any atom is -0.348 e. The Balaban J connectivity index is 2.06. The van der Waals surface area contributed by atoms with Gasteiger partial charge in [-0.3, -0.25) is 9.78 Å². The average molecular weight is 244 g/mol. The molecule has 0 aliphatic carbocycles. The molecule has 2 aromatic rings. The van der Waals surface area contributed by atoms with Crippen LogP contribution in [-0.4, -0.2) is 10.9 Å². The van der Waals surface area contributed by atoms with Gasteiger partial charge in [-0.15, -0.1) is 0 Å². The van der Waals surface area contributed by atoms with Gasteiger partial charge in [0.25, 0.3) is 5.91 Å². The molecule has 0 aliphatic heterocycles. The summed E-state index contributed by atoms with van der Waals surface area (Å²) >= 11 is 0. The SMILES string of the molecule is Cc1cnccc1C(=O)NCc1ccccc1F. The van der Waals surface area contributed by atoms with Gasteiger partial charge >= 0.3 is 0 Å². The molecule has 18 heavy (non-hydrogen) atoms. The second kappa shape index (κ2) is 5.40. The first kappa shape index (κ1) is 12.2. The Morgan fingerprint density at radius 3 is 2.83 bits per heavy atom. The summed E-state index contributed by atoms with van der Waals surface area (Å²) in [5, 5.41) is 2.69. The summed E-state index contributed by atoms with van der Waals surface area (Å²) in [5.41, 5.74) is 1.82. The maximum absolute atomic E-state index is 13.4. The number of amides is 1. The smallest absolute Gasteiger partial charge is 0.251 e. The van der Waals surface area contributed by atoms with Crippen molar-refractivity contribution >= 4 is 5.91 Å². The molecule has 3 nitrogen and oxygen atoms in total. The van der Waals surface area contributed by atoms with Gasteiger partial charge in [-0.2, -0.15) is 0 Å². The van der Waals surface area contributed by atoms with E-state index in [2.05, 4.69) is 10.3 Å². The highest BCUT2D eigenvalue weighted by molar-refractivity contribution is 5.95. The molecule has 0 saturated carbocycles. The fourth-order valence-electron chi connectivity index (χ4n) is 1.64. The molecule has 92 valence electrons. The van der Waals surface area contributed by atoms with Crippen molar-refractivity contribution in [1.29, 1.82) is 0 Å². The predicted octanol–water partition coefficient (Wildman–Crippen LogP) is 2.46. The lowest BCUT2D eigenvalue weighted by atomic mass is 10.1. The Hall–Kier alpha value is -2.23. The van der Waals surface area contributed by atoms with Crippen molar-refractivity contribution in [2.24, 2.45) is 0 Å². The van der Waals surface area contributed by atoms with E-state index in [1.807, 2.05) is 6.92 Å². The summed E-state index contributed by atoms with van der Waals surface area (Å²) in [6.07, 6.45) is 3.18. The van der Waals surface area contributed by atoms with E-state index >= 15 is 0 Å². The first-order valence-electron chi connectivity index (χ1n) is 5.60. The molecular formula is C14H13FN2O. The highest BCUT2D eigenvalue weighted by atomic mass is 19.1. The highest BCUT2D eigenvalue weighted by Crippen LogP contribution is 2.08. The number of aromatic nitrogens is 1. The first-order valence-corrected chi connectivity index (χ1v) is 5.60. The molecule has 1 N–H and O–H groups in total. The van der Waals surface area contributed by atoms with E-state index in [4.69, 9.17) is 0 Å². The summed E-state index contributed by atoms with van der Waals surface area (Å²) in [5.74, 6) is -0.539. The molecular weight excluding hydrogens is 231 g/mol. The van der Waals surface area contributed by atoms with E-state index in [9.17, 15) is 9.18 Å². The quantitative estimate of drug-likeness (QED) is 0.901. The molecule has 0 saturated heterocycles. The summed E-state index contributed by atoms with van der Waals surface area (Å²) in [6.45, 7) is 1.98. The zero-order chi connectivity index (χ0) is 13.0. The average Bonchev–Trinajstić information content (AvgIpc) is 2.38. The van der Waals surface area contributed by atoms with Crippen LogP contribution in [0.1, 0.15) is 21.5 Å². The van der Waals surface area contributed by atoms with Gasteiger partial charge in [-0.25, -0.2) is 4.39 Å². The number of hydrogen-bond acceptors (Lipinski definition) is 2. The first-order chi connectivity index (χ1) is 8.68. The monoisotopic (exact) mass is 244 g/mol. The summed E-state index contributed by atoms with van der Waals surface area (Å²) in [7, 11) is 0. The van der Waals surface area contributed by atoms with Crippen LogP contribution in [0.25, 0.3) is 0 Å². The number of halogens is 1. The van der Waals surface area contributed by atoms with Crippen LogP contribution in [-0.2, 0) is 6.54 Å². The molecule has 0 unspecified atom stereocenters. The number of rotatable bonds is 3. The number of carbonyl (C=O) groups is 1. The van der Waals surface area contributed by atoms with Crippen molar-refractivity contribution in [2.45, 2.75) is 13.5 Å². The molecule has 1 aromatic heterocycles. The van der Waals surface area contributed by atoms with Crippen LogP contribution < -0.4 is 5.32 Å². The number of pyridine rings is 1. The van der Waals surface area contributed by atoms with Crippen molar-refractivity contribution in [1.82, 2.24) is 10.3 Å². The van der Waals surface area contributed by atoms with Crippen LogP contribution in [0.2, 0.25) is 0 Å². The normalized spacial score (nSPS) is 10.1. The second-order valence-corrected chi connectivity index (χ2v) is 3.96. The second-order valence-electron chi connectivity index (χ2n) is 3.96. The molecule has 0 radical (unpaired) electrons. The van der Waals surface area contributed by atoms with Gasteiger partial charge < -0.3 is 5.32 Å². The van der Waals surface area contributed by atoms with Crippen LogP contribution >= 0.6 is 0 Å². The predicted molar refractivity (Wildman–Crippen MR) is 66.5 cm³/mol. The topological polar surface area (TPSA) is 42.0 Å². The van der Waals surface area contributed by atoms with E-state index in [1.165, 1.54) is 6.07 Å². The minimum absolute atomic E-state index is 0.174. The molecule has 0 spiro atoms. The van der Waals surface area contributed by atoms with Gasteiger partial charge in [-0.1, -0.05) is 18.2 Å². The minimum atomic E-state index is -0.316. The van der Waals surface area contributed by atoms with Gasteiger partial charge in [0, 0.05) is 30.1 Å². The van der Waals surface area contributed by atoms with E-state index in [-0.39, 0.29) is 18.3 Å². The zero-order valence-electron chi connectivity index (χ0n) is 9.98. The lowest BCUT2D eigenvalue weighted by molar-refractivity contribution is 0.0950. The Morgan fingerprint density at radius 2 is 2.11 bits per heavy atom. The molecule has 1 heterocycles. The molecule has 0 fully saturated rings. The van der Waals surface area contributed by atoms with Gasteiger partial charge in [0.2, 0.25) is 0 Å². The summed E-state index contributed by atoms with van der Waals surface area (Å²) < 4.78 is 13.4. The van der Waals surface area contributed by atoms with Crippen LogP contribution in [0.4, 0.5) is 4.39 Å². The van der Waals surface area contributed by atoms with Gasteiger partial charge in [0.15, 0.2) is 0 Å².